The van der Waals surface area contributed by atoms with Crippen LogP contribution in [-0.4, -0.2) is 35.9 Å². The molecule has 5 nitrogen and oxygen atoms in total. The van der Waals surface area contributed by atoms with Crippen molar-refractivity contribution in [1.82, 2.24) is 0 Å². The number of unbranched alkanes of at least 4 members (excludes halogenated alkanes) is 8. The molecule has 44 heavy (non-hydrogen) atoms. The van der Waals surface area contributed by atoms with E-state index in [-0.39, 0.29) is 12.0 Å². The standard InChI is InChI=1S/C21H23F3O2.C15H22O3/c1-2-3-4-8-11-19(21(22,23)24)26-20(25)18-14-12-17(13-15-18)16-9-6-5-7-10-16;1-2-3-4-5-6-7-12-18-14-10-8-13(9-11-14)15(16)17/h5-7,9-10,12-15,19H,2-4,8,11H2,1H3;8-11H,2-7,12H2,1H3,(H,16,17)/t19-;/m0./s1. The van der Waals surface area contributed by atoms with Gasteiger partial charge < -0.3 is 14.6 Å². The van der Waals surface area contributed by atoms with Crippen LogP contribution in [0, 0.1) is 0 Å². The average molecular weight is 615 g/mol. The molecule has 0 saturated heterocycles. The minimum atomic E-state index is -4.55. The lowest BCUT2D eigenvalue weighted by molar-refractivity contribution is -0.206. The van der Waals surface area contributed by atoms with Gasteiger partial charge in [0.2, 0.25) is 0 Å². The van der Waals surface area contributed by atoms with Crippen LogP contribution in [-0.2, 0) is 4.74 Å². The van der Waals surface area contributed by atoms with Crippen molar-refractivity contribution in [2.24, 2.45) is 0 Å². The number of ether oxygens (including phenoxy) is 2. The van der Waals surface area contributed by atoms with Gasteiger partial charge >= 0.3 is 18.1 Å². The Bertz CT molecular complexity index is 1210. The van der Waals surface area contributed by atoms with Crippen molar-refractivity contribution in [3.05, 3.63) is 90.0 Å². The fourth-order valence-corrected chi connectivity index (χ4v) is 4.44. The quantitative estimate of drug-likeness (QED) is 0.121. The summed E-state index contributed by atoms with van der Waals surface area (Å²) in [5.41, 5.74) is 2.26. The second kappa shape index (κ2) is 20.2. The molecule has 0 unspecified atom stereocenters. The maximum absolute atomic E-state index is 13.1. The first-order valence-corrected chi connectivity index (χ1v) is 15.5. The predicted octanol–water partition coefficient (Wildman–Crippen LogP) is 10.5. The number of aromatic carboxylic acids is 1. The van der Waals surface area contributed by atoms with E-state index in [1.165, 1.54) is 44.2 Å². The minimum Gasteiger partial charge on any atom is -0.494 e. The molecule has 240 valence electrons. The van der Waals surface area contributed by atoms with Crippen LogP contribution in [0.1, 0.15) is 105 Å². The summed E-state index contributed by atoms with van der Waals surface area (Å²) in [6.45, 7) is 4.91. The van der Waals surface area contributed by atoms with Gasteiger partial charge in [-0.2, -0.15) is 13.2 Å². The first-order valence-electron chi connectivity index (χ1n) is 15.5. The van der Waals surface area contributed by atoms with Gasteiger partial charge in [-0.15, -0.1) is 0 Å². The molecule has 3 aromatic carbocycles. The Labute approximate surface area is 259 Å². The molecule has 0 saturated carbocycles. The third kappa shape index (κ3) is 14.1. The number of carboxylic acid groups (broad SMARTS) is 1. The first kappa shape index (κ1) is 36.4. The Morgan fingerprint density at radius 2 is 1.20 bits per heavy atom. The molecule has 8 heteroatoms. The number of alkyl halides is 3. The van der Waals surface area contributed by atoms with Crippen molar-refractivity contribution in [2.45, 2.75) is 96.8 Å². The molecule has 3 rings (SSSR count). The Balaban J connectivity index is 0.000000329. The van der Waals surface area contributed by atoms with Crippen LogP contribution in [0.3, 0.4) is 0 Å². The predicted molar refractivity (Wildman–Crippen MR) is 168 cm³/mol. The smallest absolute Gasteiger partial charge is 0.425 e. The summed E-state index contributed by atoms with van der Waals surface area (Å²) in [7, 11) is 0. The van der Waals surface area contributed by atoms with E-state index < -0.39 is 24.2 Å². The molecule has 3 aromatic rings. The average Bonchev–Trinajstić information content (AvgIpc) is 3.02. The topological polar surface area (TPSA) is 72.8 Å². The van der Waals surface area contributed by atoms with Crippen molar-refractivity contribution in [3.63, 3.8) is 0 Å². The zero-order valence-electron chi connectivity index (χ0n) is 25.8. The maximum atomic E-state index is 13.1. The third-order valence-electron chi connectivity index (χ3n) is 7.03. The summed E-state index contributed by atoms with van der Waals surface area (Å²) < 4.78 is 49.7. The molecule has 1 atom stereocenters. The van der Waals surface area contributed by atoms with E-state index in [0.29, 0.717) is 25.0 Å². The molecule has 0 fully saturated rings. The van der Waals surface area contributed by atoms with Crippen molar-refractivity contribution in [3.8, 4) is 16.9 Å². The number of esters is 1. The number of carboxylic acids is 1. The van der Waals surface area contributed by atoms with Gasteiger partial charge in [-0.25, -0.2) is 9.59 Å². The third-order valence-corrected chi connectivity index (χ3v) is 7.03. The van der Waals surface area contributed by atoms with E-state index in [1.54, 1.807) is 36.4 Å². The van der Waals surface area contributed by atoms with Crippen LogP contribution < -0.4 is 4.74 Å². The summed E-state index contributed by atoms with van der Waals surface area (Å²) in [5, 5.41) is 8.75. The summed E-state index contributed by atoms with van der Waals surface area (Å²) in [6, 6.07) is 22.5. The molecular formula is C36H45F3O5. The van der Waals surface area contributed by atoms with Gasteiger partial charge in [0.05, 0.1) is 17.7 Å². The van der Waals surface area contributed by atoms with Gasteiger partial charge in [-0.05, 0) is 66.8 Å². The number of carbonyl (C=O) groups is 2. The minimum absolute atomic E-state index is 0.118. The lowest BCUT2D eigenvalue weighted by Crippen LogP contribution is -2.33. The lowest BCUT2D eigenvalue weighted by atomic mass is 10.0. The number of carbonyl (C=O) groups excluding carboxylic acids is 1. The van der Waals surface area contributed by atoms with Gasteiger partial charge in [0.25, 0.3) is 0 Å². The zero-order chi connectivity index (χ0) is 32.2. The highest BCUT2D eigenvalue weighted by Crippen LogP contribution is 2.28. The highest BCUT2D eigenvalue weighted by atomic mass is 19.4. The molecule has 0 bridgehead atoms. The second-order valence-corrected chi connectivity index (χ2v) is 10.7. The summed E-state index contributed by atoms with van der Waals surface area (Å²) in [5.74, 6) is -1.10. The Morgan fingerprint density at radius 3 is 1.77 bits per heavy atom. The fraction of sp³-hybridized carbons (Fsp3) is 0.444. The van der Waals surface area contributed by atoms with Crippen molar-refractivity contribution in [2.75, 3.05) is 6.61 Å². The maximum Gasteiger partial charge on any atom is 0.425 e. The molecule has 0 heterocycles. The van der Waals surface area contributed by atoms with Crippen LogP contribution in [0.25, 0.3) is 11.1 Å². The summed E-state index contributed by atoms with van der Waals surface area (Å²) >= 11 is 0. The van der Waals surface area contributed by atoms with Gasteiger partial charge in [0.15, 0.2) is 6.10 Å². The van der Waals surface area contributed by atoms with E-state index >= 15 is 0 Å². The van der Waals surface area contributed by atoms with Crippen LogP contribution in [0.15, 0.2) is 78.9 Å². The SMILES string of the molecule is CCCCCCCCOc1ccc(C(=O)O)cc1.CCCCCC[C@H](OC(=O)c1ccc(-c2ccccc2)cc1)C(F)(F)F. The van der Waals surface area contributed by atoms with E-state index in [1.807, 2.05) is 37.3 Å². The number of hydrogen-bond acceptors (Lipinski definition) is 4. The van der Waals surface area contributed by atoms with Crippen LogP contribution in [0.5, 0.6) is 5.75 Å². The van der Waals surface area contributed by atoms with Gasteiger partial charge in [0, 0.05) is 0 Å². The highest BCUT2D eigenvalue weighted by Gasteiger charge is 2.42. The second-order valence-electron chi connectivity index (χ2n) is 10.7. The first-order chi connectivity index (χ1) is 21.2. The van der Waals surface area contributed by atoms with Crippen LogP contribution in [0.4, 0.5) is 13.2 Å². The zero-order valence-corrected chi connectivity index (χ0v) is 25.8. The van der Waals surface area contributed by atoms with E-state index in [9.17, 15) is 22.8 Å². The molecule has 0 radical (unpaired) electrons. The van der Waals surface area contributed by atoms with Crippen LogP contribution in [0.2, 0.25) is 0 Å². The number of rotatable bonds is 17. The molecule has 1 N–H and O–H groups in total. The van der Waals surface area contributed by atoms with Crippen molar-refractivity contribution < 1.29 is 37.3 Å². The Kier molecular flexibility index (Phi) is 16.7. The van der Waals surface area contributed by atoms with E-state index in [4.69, 9.17) is 14.6 Å². The summed E-state index contributed by atoms with van der Waals surface area (Å²) in [4.78, 5) is 22.8. The lowest BCUT2D eigenvalue weighted by Gasteiger charge is -2.20. The van der Waals surface area contributed by atoms with Crippen molar-refractivity contribution >= 4 is 11.9 Å². The Hall–Kier alpha value is -3.81. The van der Waals surface area contributed by atoms with Crippen molar-refractivity contribution in [1.29, 1.82) is 0 Å². The van der Waals surface area contributed by atoms with E-state index in [0.717, 1.165) is 36.1 Å². The largest absolute Gasteiger partial charge is 0.494 e. The molecule has 0 spiro atoms. The highest BCUT2D eigenvalue weighted by molar-refractivity contribution is 5.90. The van der Waals surface area contributed by atoms with Gasteiger partial charge in [-0.1, -0.05) is 108 Å². The molecular weight excluding hydrogens is 569 g/mol. The molecule has 0 aromatic heterocycles. The summed E-state index contributed by atoms with van der Waals surface area (Å²) in [6.07, 6.45) is 3.53. The monoisotopic (exact) mass is 614 g/mol. The molecule has 0 aliphatic rings. The fourth-order valence-electron chi connectivity index (χ4n) is 4.44. The normalized spacial score (nSPS) is 11.7. The number of halogens is 3. The molecule has 0 amide bonds. The van der Waals surface area contributed by atoms with Gasteiger partial charge in [-0.3, -0.25) is 0 Å². The molecule has 0 aliphatic heterocycles. The van der Waals surface area contributed by atoms with E-state index in [2.05, 4.69) is 6.92 Å². The number of hydrogen-bond donors (Lipinski definition) is 1. The van der Waals surface area contributed by atoms with Gasteiger partial charge in [0.1, 0.15) is 5.75 Å². The Morgan fingerprint density at radius 1 is 0.682 bits per heavy atom. The number of benzene rings is 3. The van der Waals surface area contributed by atoms with Crippen LogP contribution >= 0.6 is 0 Å². The molecule has 0 aliphatic carbocycles.